The summed E-state index contributed by atoms with van der Waals surface area (Å²) in [4.78, 5) is 19.3. The van der Waals surface area contributed by atoms with Gasteiger partial charge in [-0.15, -0.1) is 0 Å². The molecule has 1 aliphatic rings. The minimum Gasteiger partial charge on any atom is -0.379 e. The van der Waals surface area contributed by atoms with Crippen LogP contribution in [0.15, 0.2) is 12.1 Å². The smallest absolute Gasteiger partial charge is 0.270 e. The quantitative estimate of drug-likeness (QED) is 0.824. The van der Waals surface area contributed by atoms with Crippen molar-refractivity contribution in [1.82, 2.24) is 24.8 Å². The summed E-state index contributed by atoms with van der Waals surface area (Å²) in [7, 11) is 0. The Hall–Kier alpha value is -1.99. The summed E-state index contributed by atoms with van der Waals surface area (Å²) in [5, 5.41) is 7.60. The minimum absolute atomic E-state index is 0.0535. The van der Waals surface area contributed by atoms with E-state index in [-0.39, 0.29) is 11.3 Å². The van der Waals surface area contributed by atoms with E-state index in [9.17, 15) is 4.79 Å². The number of amides is 1. The molecule has 142 valence electrons. The second-order valence-electron chi connectivity index (χ2n) is 7.90. The standard InChI is InChI=1S/C19H29N5O2/c1-14-12-15(21-17-13-16(19(2,3)4)22-24(14)17)18(25)20-6-5-7-23-8-10-26-11-9-23/h12-13H,5-11H2,1-4H3,(H,20,25). The molecule has 7 heteroatoms. The fourth-order valence-electron chi connectivity index (χ4n) is 3.03. The molecule has 1 aliphatic heterocycles. The van der Waals surface area contributed by atoms with Crippen molar-refractivity contribution in [2.75, 3.05) is 39.4 Å². The first-order chi connectivity index (χ1) is 12.3. The zero-order valence-corrected chi connectivity index (χ0v) is 16.2. The summed E-state index contributed by atoms with van der Waals surface area (Å²) in [5.41, 5.74) is 2.98. The van der Waals surface area contributed by atoms with Gasteiger partial charge < -0.3 is 10.1 Å². The Kier molecular flexibility index (Phi) is 5.58. The number of aryl methyl sites for hydroxylation is 1. The van der Waals surface area contributed by atoms with Crippen LogP contribution in [0.25, 0.3) is 5.65 Å². The van der Waals surface area contributed by atoms with E-state index in [1.165, 1.54) is 0 Å². The number of carbonyl (C=O) groups excluding carboxylic acids is 1. The van der Waals surface area contributed by atoms with Crippen LogP contribution in [0.1, 0.15) is 49.1 Å². The lowest BCUT2D eigenvalue weighted by atomic mass is 9.93. The van der Waals surface area contributed by atoms with Gasteiger partial charge in [-0.05, 0) is 26.0 Å². The number of nitrogens with zero attached hydrogens (tertiary/aromatic N) is 4. The number of aromatic nitrogens is 3. The van der Waals surface area contributed by atoms with Gasteiger partial charge in [-0.3, -0.25) is 9.69 Å². The molecule has 0 aromatic carbocycles. The zero-order valence-electron chi connectivity index (χ0n) is 16.2. The van der Waals surface area contributed by atoms with Crippen molar-refractivity contribution in [2.45, 2.75) is 39.5 Å². The summed E-state index contributed by atoms with van der Waals surface area (Å²) >= 11 is 0. The van der Waals surface area contributed by atoms with Gasteiger partial charge >= 0.3 is 0 Å². The van der Waals surface area contributed by atoms with Gasteiger partial charge in [0.25, 0.3) is 5.91 Å². The molecule has 3 heterocycles. The van der Waals surface area contributed by atoms with Gasteiger partial charge in [0, 0.05) is 36.8 Å². The van der Waals surface area contributed by atoms with E-state index in [0.29, 0.717) is 17.9 Å². The summed E-state index contributed by atoms with van der Waals surface area (Å²) in [5.74, 6) is -0.129. The molecule has 2 aromatic rings. The van der Waals surface area contributed by atoms with Crippen LogP contribution in [0.2, 0.25) is 0 Å². The third kappa shape index (κ3) is 4.40. The predicted octanol–water partition coefficient (Wildman–Crippen LogP) is 1.79. The van der Waals surface area contributed by atoms with Gasteiger partial charge in [-0.1, -0.05) is 20.8 Å². The molecule has 0 atom stereocenters. The molecule has 0 aliphatic carbocycles. The van der Waals surface area contributed by atoms with Crippen LogP contribution in [0.5, 0.6) is 0 Å². The molecular formula is C19H29N5O2. The van der Waals surface area contributed by atoms with Crippen molar-refractivity contribution in [3.8, 4) is 0 Å². The molecule has 1 saturated heterocycles. The molecule has 1 fully saturated rings. The molecule has 7 nitrogen and oxygen atoms in total. The number of rotatable bonds is 5. The largest absolute Gasteiger partial charge is 0.379 e. The third-order valence-electron chi connectivity index (χ3n) is 4.65. The number of hydrogen-bond donors (Lipinski definition) is 1. The van der Waals surface area contributed by atoms with Crippen molar-refractivity contribution >= 4 is 11.6 Å². The molecule has 26 heavy (non-hydrogen) atoms. The summed E-state index contributed by atoms with van der Waals surface area (Å²) in [6.07, 6.45) is 0.924. The Labute approximate surface area is 154 Å². The Morgan fingerprint density at radius 3 is 2.69 bits per heavy atom. The maximum atomic E-state index is 12.5. The van der Waals surface area contributed by atoms with E-state index >= 15 is 0 Å². The number of fused-ring (bicyclic) bond motifs is 1. The van der Waals surface area contributed by atoms with E-state index < -0.39 is 0 Å². The topological polar surface area (TPSA) is 71.8 Å². The van der Waals surface area contributed by atoms with Crippen LogP contribution in [0.3, 0.4) is 0 Å². The highest BCUT2D eigenvalue weighted by atomic mass is 16.5. The summed E-state index contributed by atoms with van der Waals surface area (Å²) in [6.45, 7) is 13.5. The first kappa shape index (κ1) is 18.8. The van der Waals surface area contributed by atoms with E-state index in [0.717, 1.165) is 50.7 Å². The van der Waals surface area contributed by atoms with Crippen LogP contribution >= 0.6 is 0 Å². The Bertz CT molecular complexity index is 772. The highest BCUT2D eigenvalue weighted by Crippen LogP contribution is 2.22. The average Bonchev–Trinajstić information content (AvgIpc) is 3.04. The first-order valence-electron chi connectivity index (χ1n) is 9.31. The van der Waals surface area contributed by atoms with Crippen molar-refractivity contribution in [3.63, 3.8) is 0 Å². The number of morpholine rings is 1. The Morgan fingerprint density at radius 2 is 2.00 bits per heavy atom. The van der Waals surface area contributed by atoms with Crippen molar-refractivity contribution in [2.24, 2.45) is 0 Å². The Morgan fingerprint density at radius 1 is 1.27 bits per heavy atom. The maximum absolute atomic E-state index is 12.5. The van der Waals surface area contributed by atoms with Crippen molar-refractivity contribution < 1.29 is 9.53 Å². The number of hydrogen-bond acceptors (Lipinski definition) is 5. The highest BCUT2D eigenvalue weighted by Gasteiger charge is 2.20. The van der Waals surface area contributed by atoms with Crippen molar-refractivity contribution in [3.05, 3.63) is 29.2 Å². The van der Waals surface area contributed by atoms with Crippen LogP contribution in [0.4, 0.5) is 0 Å². The zero-order chi connectivity index (χ0) is 18.7. The molecule has 1 amide bonds. The highest BCUT2D eigenvalue weighted by molar-refractivity contribution is 5.92. The number of carbonyl (C=O) groups is 1. The molecule has 2 aromatic heterocycles. The molecule has 0 radical (unpaired) electrons. The fourth-order valence-corrected chi connectivity index (χ4v) is 3.03. The minimum atomic E-state index is -0.129. The van der Waals surface area contributed by atoms with Crippen LogP contribution in [0, 0.1) is 6.92 Å². The van der Waals surface area contributed by atoms with Gasteiger partial charge in [0.1, 0.15) is 5.69 Å². The number of nitrogens with one attached hydrogen (secondary N) is 1. The third-order valence-corrected chi connectivity index (χ3v) is 4.65. The van der Waals surface area contributed by atoms with Crippen molar-refractivity contribution in [1.29, 1.82) is 0 Å². The second-order valence-corrected chi connectivity index (χ2v) is 7.90. The molecule has 0 saturated carbocycles. The lowest BCUT2D eigenvalue weighted by Gasteiger charge is -2.26. The number of ether oxygens (including phenoxy) is 1. The monoisotopic (exact) mass is 359 g/mol. The van der Waals surface area contributed by atoms with Gasteiger partial charge in [0.05, 0.1) is 18.9 Å². The molecule has 0 bridgehead atoms. The second kappa shape index (κ2) is 7.72. The summed E-state index contributed by atoms with van der Waals surface area (Å²) < 4.78 is 7.15. The van der Waals surface area contributed by atoms with Crippen LogP contribution < -0.4 is 5.32 Å². The molecule has 0 spiro atoms. The van der Waals surface area contributed by atoms with Gasteiger partial charge in [0.15, 0.2) is 5.65 Å². The first-order valence-corrected chi connectivity index (χ1v) is 9.31. The molecule has 3 rings (SSSR count). The van der Waals surface area contributed by atoms with Gasteiger partial charge in [-0.2, -0.15) is 5.10 Å². The van der Waals surface area contributed by atoms with Gasteiger partial charge in [0.2, 0.25) is 0 Å². The van der Waals surface area contributed by atoms with E-state index in [4.69, 9.17) is 4.74 Å². The normalized spacial score (nSPS) is 16.2. The lowest BCUT2D eigenvalue weighted by Crippen LogP contribution is -2.38. The lowest BCUT2D eigenvalue weighted by molar-refractivity contribution is 0.0374. The predicted molar refractivity (Wildman–Crippen MR) is 101 cm³/mol. The Balaban J connectivity index is 1.60. The van der Waals surface area contributed by atoms with Crippen LogP contribution in [-0.4, -0.2) is 64.8 Å². The van der Waals surface area contributed by atoms with E-state index in [2.05, 4.69) is 41.1 Å². The van der Waals surface area contributed by atoms with E-state index in [1.807, 2.05) is 13.0 Å². The summed E-state index contributed by atoms with van der Waals surface area (Å²) in [6, 6.07) is 3.76. The molecule has 1 N–H and O–H groups in total. The van der Waals surface area contributed by atoms with Gasteiger partial charge in [-0.25, -0.2) is 9.50 Å². The van der Waals surface area contributed by atoms with E-state index in [1.54, 1.807) is 10.6 Å². The SMILES string of the molecule is Cc1cc(C(=O)NCCCN2CCOCC2)nc2cc(C(C)(C)C)nn12. The molecular weight excluding hydrogens is 330 g/mol. The average molecular weight is 359 g/mol. The van der Waals surface area contributed by atoms with Crippen LogP contribution in [-0.2, 0) is 10.2 Å². The maximum Gasteiger partial charge on any atom is 0.270 e. The fraction of sp³-hybridized carbons (Fsp3) is 0.632. The molecule has 0 unspecified atom stereocenters.